The number of hydrogen-bond acceptors (Lipinski definition) is 5. The predicted octanol–water partition coefficient (Wildman–Crippen LogP) is 3.37. The van der Waals surface area contributed by atoms with Crippen molar-refractivity contribution < 1.29 is 5.11 Å². The fourth-order valence-corrected chi connectivity index (χ4v) is 4.77. The zero-order valence-corrected chi connectivity index (χ0v) is 15.5. The molecule has 0 unspecified atom stereocenters. The molecule has 5 nitrogen and oxygen atoms in total. The van der Waals surface area contributed by atoms with Gasteiger partial charge in [-0.05, 0) is 29.7 Å². The largest absolute Gasteiger partial charge is 0.392 e. The summed E-state index contributed by atoms with van der Waals surface area (Å²) in [5.74, 6) is 0.659. The molecule has 136 valence electrons. The topological polar surface area (TPSA) is 69.2 Å². The molecule has 0 spiro atoms. The summed E-state index contributed by atoms with van der Waals surface area (Å²) in [6.07, 6.45) is 0.491. The number of benzene rings is 2. The highest BCUT2D eigenvalue weighted by molar-refractivity contribution is 7.25. The number of fused-ring (bicyclic) bond motifs is 3. The number of nitrogens with one attached hydrogen (secondary N) is 1. The van der Waals surface area contributed by atoms with Crippen LogP contribution in [-0.2, 0) is 6.54 Å². The van der Waals surface area contributed by atoms with Crippen LogP contribution in [0.5, 0.6) is 0 Å². The van der Waals surface area contributed by atoms with Gasteiger partial charge in [-0.1, -0.05) is 36.4 Å². The number of thiophene rings is 1. The highest BCUT2D eigenvalue weighted by atomic mass is 32.1. The van der Waals surface area contributed by atoms with Crippen LogP contribution >= 0.6 is 11.3 Å². The van der Waals surface area contributed by atoms with Crippen LogP contribution in [0.2, 0.25) is 0 Å². The number of aliphatic hydroxyl groups is 1. The van der Waals surface area contributed by atoms with Crippen molar-refractivity contribution in [2.45, 2.75) is 19.1 Å². The molecule has 5 rings (SSSR count). The molecule has 1 fully saturated rings. The van der Waals surface area contributed by atoms with Crippen LogP contribution < -0.4 is 5.56 Å². The van der Waals surface area contributed by atoms with E-state index in [1.165, 1.54) is 11.3 Å². The zero-order chi connectivity index (χ0) is 18.4. The van der Waals surface area contributed by atoms with Gasteiger partial charge in [0.1, 0.15) is 10.5 Å². The third-order valence-corrected chi connectivity index (χ3v) is 6.26. The molecule has 0 amide bonds. The quantitative estimate of drug-likeness (QED) is 0.574. The second-order valence-corrected chi connectivity index (χ2v) is 8.10. The van der Waals surface area contributed by atoms with Gasteiger partial charge in [-0.2, -0.15) is 0 Å². The molecule has 0 radical (unpaired) electrons. The number of nitrogens with zero attached hydrogens (tertiary/aromatic N) is 2. The van der Waals surface area contributed by atoms with Gasteiger partial charge in [0.2, 0.25) is 0 Å². The molecular formula is C21H19N3O2S. The molecule has 2 aromatic heterocycles. The van der Waals surface area contributed by atoms with Crippen LogP contribution in [0, 0.1) is 0 Å². The first-order valence-corrected chi connectivity index (χ1v) is 9.90. The standard InChI is InChI=1S/C21H19N3O2S/c25-15-8-9-24(11-15)12-18-22-19-16-10-14(13-4-2-1-3-5-13)6-7-17(16)27-20(19)21(26)23-18/h1-7,10,15,25H,8-9,11-12H2,(H,22,23,26)/t15-/m0/s1. The van der Waals surface area contributed by atoms with Gasteiger partial charge in [0.15, 0.2) is 0 Å². The fraction of sp³-hybridized carbons (Fsp3) is 0.238. The molecule has 1 saturated heterocycles. The van der Waals surface area contributed by atoms with Crippen molar-refractivity contribution in [2.24, 2.45) is 0 Å². The molecular weight excluding hydrogens is 358 g/mol. The minimum atomic E-state index is -0.282. The van der Waals surface area contributed by atoms with Gasteiger partial charge < -0.3 is 10.1 Å². The number of aromatic amines is 1. The minimum Gasteiger partial charge on any atom is -0.392 e. The van der Waals surface area contributed by atoms with Crippen molar-refractivity contribution in [3.05, 3.63) is 64.7 Å². The first-order valence-electron chi connectivity index (χ1n) is 9.09. The number of aliphatic hydroxyl groups excluding tert-OH is 1. The molecule has 0 aliphatic carbocycles. The first kappa shape index (κ1) is 16.6. The number of rotatable bonds is 3. The maximum atomic E-state index is 12.6. The Morgan fingerprint density at radius 2 is 2.04 bits per heavy atom. The van der Waals surface area contributed by atoms with E-state index >= 15 is 0 Å². The average Bonchev–Trinajstić information content (AvgIpc) is 3.26. The Balaban J connectivity index is 1.62. The highest BCUT2D eigenvalue weighted by Gasteiger charge is 2.21. The minimum absolute atomic E-state index is 0.0859. The predicted molar refractivity (Wildman–Crippen MR) is 109 cm³/mol. The van der Waals surface area contributed by atoms with Crippen molar-refractivity contribution >= 4 is 31.6 Å². The van der Waals surface area contributed by atoms with Gasteiger partial charge in [0, 0.05) is 23.2 Å². The van der Waals surface area contributed by atoms with E-state index in [4.69, 9.17) is 4.98 Å². The zero-order valence-electron chi connectivity index (χ0n) is 14.7. The lowest BCUT2D eigenvalue weighted by atomic mass is 10.0. The number of hydrogen-bond donors (Lipinski definition) is 2. The van der Waals surface area contributed by atoms with Crippen LogP contribution in [0.15, 0.2) is 53.3 Å². The maximum Gasteiger partial charge on any atom is 0.268 e. The summed E-state index contributed by atoms with van der Waals surface area (Å²) >= 11 is 1.48. The molecule has 0 saturated carbocycles. The van der Waals surface area contributed by atoms with E-state index in [2.05, 4.69) is 40.2 Å². The average molecular weight is 377 g/mol. The highest BCUT2D eigenvalue weighted by Crippen LogP contribution is 2.33. The van der Waals surface area contributed by atoms with Crippen molar-refractivity contribution in [3.63, 3.8) is 0 Å². The molecule has 0 bridgehead atoms. The summed E-state index contributed by atoms with van der Waals surface area (Å²) in [5, 5.41) is 10.7. The monoisotopic (exact) mass is 377 g/mol. The third kappa shape index (κ3) is 3.06. The van der Waals surface area contributed by atoms with Gasteiger partial charge >= 0.3 is 0 Å². The van der Waals surface area contributed by atoms with E-state index in [9.17, 15) is 9.90 Å². The van der Waals surface area contributed by atoms with Gasteiger partial charge in [0.05, 0.1) is 18.2 Å². The third-order valence-electron chi connectivity index (χ3n) is 5.10. The summed E-state index contributed by atoms with van der Waals surface area (Å²) < 4.78 is 1.73. The van der Waals surface area contributed by atoms with Crippen molar-refractivity contribution in [2.75, 3.05) is 13.1 Å². The Kier molecular flexibility index (Phi) is 4.04. The Labute approximate surface area is 159 Å². The van der Waals surface area contributed by atoms with Crippen LogP contribution in [0.1, 0.15) is 12.2 Å². The van der Waals surface area contributed by atoms with E-state index in [-0.39, 0.29) is 11.7 Å². The number of likely N-dealkylation sites (tertiary alicyclic amines) is 1. The Hall–Kier alpha value is -2.54. The maximum absolute atomic E-state index is 12.6. The molecule has 27 heavy (non-hydrogen) atoms. The second-order valence-electron chi connectivity index (χ2n) is 7.05. The van der Waals surface area contributed by atoms with Crippen LogP contribution in [-0.4, -0.2) is 39.2 Å². The molecule has 3 heterocycles. The Morgan fingerprint density at radius 3 is 2.81 bits per heavy atom. The fourth-order valence-electron chi connectivity index (χ4n) is 3.75. The molecule has 2 aromatic carbocycles. The van der Waals surface area contributed by atoms with Gasteiger partial charge in [0.25, 0.3) is 5.56 Å². The van der Waals surface area contributed by atoms with E-state index in [0.29, 0.717) is 23.6 Å². The van der Waals surface area contributed by atoms with Gasteiger partial charge in [-0.3, -0.25) is 9.69 Å². The first-order chi connectivity index (χ1) is 13.2. The van der Waals surface area contributed by atoms with E-state index < -0.39 is 0 Å². The van der Waals surface area contributed by atoms with Crippen molar-refractivity contribution in [3.8, 4) is 11.1 Å². The number of aromatic nitrogens is 2. The number of H-pyrrole nitrogens is 1. The summed E-state index contributed by atoms with van der Waals surface area (Å²) in [4.78, 5) is 22.4. The SMILES string of the molecule is O=c1[nH]c(CN2CC[C@H](O)C2)nc2c1sc1ccc(-c3ccccc3)cc12. The lowest BCUT2D eigenvalue weighted by molar-refractivity contribution is 0.174. The van der Waals surface area contributed by atoms with E-state index in [1.807, 2.05) is 18.2 Å². The van der Waals surface area contributed by atoms with Gasteiger partial charge in [-0.15, -0.1) is 11.3 Å². The number of β-amino-alcohol motifs (C(OH)–C–C–N with tert-alkyl or cyclic N) is 1. The van der Waals surface area contributed by atoms with Gasteiger partial charge in [-0.25, -0.2) is 4.98 Å². The molecule has 4 aromatic rings. The lowest BCUT2D eigenvalue weighted by Gasteiger charge is -2.13. The Morgan fingerprint density at radius 1 is 1.19 bits per heavy atom. The normalized spacial score (nSPS) is 17.9. The Bertz CT molecular complexity index is 1180. The summed E-state index contributed by atoms with van der Waals surface area (Å²) in [6.45, 7) is 2.01. The van der Waals surface area contributed by atoms with Crippen molar-refractivity contribution in [1.82, 2.24) is 14.9 Å². The molecule has 1 aliphatic heterocycles. The molecule has 6 heteroatoms. The molecule has 2 N–H and O–H groups in total. The van der Waals surface area contributed by atoms with Crippen LogP contribution in [0.25, 0.3) is 31.4 Å². The smallest absolute Gasteiger partial charge is 0.268 e. The molecule has 1 atom stereocenters. The summed E-state index contributed by atoms with van der Waals surface area (Å²) in [5.41, 5.74) is 2.95. The second kappa shape index (κ2) is 6.56. The van der Waals surface area contributed by atoms with Crippen molar-refractivity contribution in [1.29, 1.82) is 0 Å². The van der Waals surface area contributed by atoms with E-state index in [1.54, 1.807) is 0 Å². The summed E-state index contributed by atoms with van der Waals surface area (Å²) in [6, 6.07) is 16.5. The lowest BCUT2D eigenvalue weighted by Crippen LogP contribution is -2.24. The van der Waals surface area contributed by atoms with Crippen LogP contribution in [0.3, 0.4) is 0 Å². The summed E-state index contributed by atoms with van der Waals surface area (Å²) in [7, 11) is 0. The molecule has 1 aliphatic rings. The van der Waals surface area contributed by atoms with E-state index in [0.717, 1.165) is 39.7 Å². The van der Waals surface area contributed by atoms with Crippen LogP contribution in [0.4, 0.5) is 0 Å².